The van der Waals surface area contributed by atoms with E-state index in [-0.39, 0.29) is 0 Å². The third kappa shape index (κ3) is 3.60. The number of rotatable bonds is 5. The minimum absolute atomic E-state index is 0.601. The molecule has 0 aromatic carbocycles. The van der Waals surface area contributed by atoms with Crippen LogP contribution in [-0.2, 0) is 4.84 Å². The van der Waals surface area contributed by atoms with Crippen LogP contribution in [0.2, 0.25) is 0 Å². The molecule has 0 bridgehead atoms. The first kappa shape index (κ1) is 18.5. The molecule has 0 aliphatic carbocycles. The third-order valence-electron chi connectivity index (χ3n) is 4.48. The van der Waals surface area contributed by atoms with E-state index in [2.05, 4.69) is 26.9 Å². The summed E-state index contributed by atoms with van der Waals surface area (Å²) < 4.78 is 0. The molecule has 1 aliphatic heterocycles. The van der Waals surface area contributed by atoms with E-state index in [0.29, 0.717) is 6.61 Å². The van der Waals surface area contributed by atoms with E-state index in [0.717, 1.165) is 63.4 Å². The molecule has 3 aromatic heterocycles. The normalized spacial score (nSPS) is 15.0. The zero-order chi connectivity index (χ0) is 19.5. The van der Waals surface area contributed by atoms with Gasteiger partial charge < -0.3 is 9.74 Å². The van der Waals surface area contributed by atoms with E-state index in [9.17, 15) is 0 Å². The summed E-state index contributed by atoms with van der Waals surface area (Å²) in [6.45, 7) is 5.51. The zero-order valence-electron chi connectivity index (χ0n) is 16.2. The van der Waals surface area contributed by atoms with Gasteiger partial charge in [0.25, 0.3) is 0 Å². The molecule has 0 N–H and O–H groups in total. The van der Waals surface area contributed by atoms with Crippen LogP contribution in [0.4, 0.5) is 5.82 Å². The molecule has 0 atom stereocenters. The highest BCUT2D eigenvalue weighted by Crippen LogP contribution is 2.35. The van der Waals surface area contributed by atoms with Crippen LogP contribution in [0.3, 0.4) is 0 Å². The maximum absolute atomic E-state index is 5.43. The standard InChI is InChI=1S/C20H22N6OS/c1-4-10-27-25-15-7-9-26(3)19-17(15)24-16(12-22-19)18-13(2)23-20(28-18)14-6-5-8-21-11-14/h5-6,8,11-12H,4,7,9-10H2,1-3H3. The third-order valence-corrected chi connectivity index (χ3v) is 5.71. The molecule has 4 heterocycles. The monoisotopic (exact) mass is 394 g/mol. The van der Waals surface area contributed by atoms with Crippen LogP contribution in [0.25, 0.3) is 21.1 Å². The Labute approximate surface area is 168 Å². The first-order valence-corrected chi connectivity index (χ1v) is 10.1. The highest BCUT2D eigenvalue weighted by Gasteiger charge is 2.24. The molecule has 28 heavy (non-hydrogen) atoms. The van der Waals surface area contributed by atoms with E-state index < -0.39 is 0 Å². The molecule has 0 saturated heterocycles. The first-order valence-electron chi connectivity index (χ1n) is 9.33. The Morgan fingerprint density at radius 1 is 1.29 bits per heavy atom. The first-order chi connectivity index (χ1) is 13.7. The molecule has 144 valence electrons. The van der Waals surface area contributed by atoms with Crippen LogP contribution in [0.15, 0.2) is 35.9 Å². The second-order valence-corrected chi connectivity index (χ2v) is 7.64. The van der Waals surface area contributed by atoms with Crippen LogP contribution >= 0.6 is 11.3 Å². The SMILES string of the molecule is CCCON=C1CCN(C)c2ncc(-c3sc(-c4cccnc4)nc3C)nc21. The van der Waals surface area contributed by atoms with Gasteiger partial charge in [-0.2, -0.15) is 0 Å². The predicted molar refractivity (Wildman–Crippen MR) is 112 cm³/mol. The van der Waals surface area contributed by atoms with Gasteiger partial charge in [-0.05, 0) is 25.5 Å². The Balaban J connectivity index is 1.73. The Morgan fingerprint density at radius 2 is 2.18 bits per heavy atom. The van der Waals surface area contributed by atoms with Crippen LogP contribution in [0.1, 0.15) is 31.2 Å². The number of pyridine rings is 1. The van der Waals surface area contributed by atoms with E-state index in [1.54, 1.807) is 17.5 Å². The lowest BCUT2D eigenvalue weighted by molar-refractivity contribution is 0.144. The van der Waals surface area contributed by atoms with Crippen LogP contribution < -0.4 is 4.90 Å². The summed E-state index contributed by atoms with van der Waals surface area (Å²) >= 11 is 1.60. The maximum Gasteiger partial charge on any atom is 0.156 e. The van der Waals surface area contributed by atoms with Gasteiger partial charge in [-0.25, -0.2) is 15.0 Å². The predicted octanol–water partition coefficient (Wildman–Crippen LogP) is 3.94. The minimum atomic E-state index is 0.601. The van der Waals surface area contributed by atoms with Crippen molar-refractivity contribution in [3.63, 3.8) is 0 Å². The van der Waals surface area contributed by atoms with Crippen molar-refractivity contribution in [1.82, 2.24) is 19.9 Å². The topological polar surface area (TPSA) is 76.4 Å². The fourth-order valence-electron chi connectivity index (χ4n) is 3.01. The Kier molecular flexibility index (Phi) is 5.29. The summed E-state index contributed by atoms with van der Waals surface area (Å²) in [6.07, 6.45) is 7.11. The number of nitrogens with zero attached hydrogens (tertiary/aromatic N) is 6. The highest BCUT2D eigenvalue weighted by atomic mass is 32.1. The number of hydrogen-bond donors (Lipinski definition) is 0. The quantitative estimate of drug-likeness (QED) is 0.482. The lowest BCUT2D eigenvalue weighted by atomic mass is 10.1. The van der Waals surface area contributed by atoms with Crippen molar-refractivity contribution >= 4 is 22.9 Å². The van der Waals surface area contributed by atoms with E-state index in [1.807, 2.05) is 38.5 Å². The van der Waals surface area contributed by atoms with Gasteiger partial charge in [0.15, 0.2) is 5.82 Å². The summed E-state index contributed by atoms with van der Waals surface area (Å²) in [4.78, 5) is 27.0. The molecule has 1 aliphatic rings. The van der Waals surface area contributed by atoms with Gasteiger partial charge in [0.2, 0.25) is 0 Å². The number of anilines is 1. The van der Waals surface area contributed by atoms with Crippen molar-refractivity contribution in [1.29, 1.82) is 0 Å². The minimum Gasteiger partial charge on any atom is -0.396 e. The molecule has 8 heteroatoms. The van der Waals surface area contributed by atoms with Crippen molar-refractivity contribution in [3.8, 4) is 21.1 Å². The molecule has 0 fully saturated rings. The van der Waals surface area contributed by atoms with Gasteiger partial charge >= 0.3 is 0 Å². The molecule has 0 unspecified atom stereocenters. The fourth-order valence-corrected chi connectivity index (χ4v) is 4.02. The fraction of sp³-hybridized carbons (Fsp3) is 0.350. The van der Waals surface area contributed by atoms with Gasteiger partial charge in [0.05, 0.1) is 16.8 Å². The summed E-state index contributed by atoms with van der Waals surface area (Å²) in [5, 5.41) is 5.25. The van der Waals surface area contributed by atoms with Crippen molar-refractivity contribution in [2.45, 2.75) is 26.7 Å². The van der Waals surface area contributed by atoms with E-state index in [1.165, 1.54) is 0 Å². The van der Waals surface area contributed by atoms with Crippen molar-refractivity contribution in [3.05, 3.63) is 42.1 Å². The molecule has 3 aromatic rings. The number of hydrogen-bond acceptors (Lipinski definition) is 8. The average molecular weight is 395 g/mol. The summed E-state index contributed by atoms with van der Waals surface area (Å²) in [6, 6.07) is 3.93. The Hall–Kier alpha value is -2.87. The smallest absolute Gasteiger partial charge is 0.156 e. The molecule has 7 nitrogen and oxygen atoms in total. The Morgan fingerprint density at radius 3 is 2.96 bits per heavy atom. The van der Waals surface area contributed by atoms with Gasteiger partial charge in [-0.1, -0.05) is 12.1 Å². The molecular formula is C20H22N6OS. The zero-order valence-corrected chi connectivity index (χ0v) is 17.0. The van der Waals surface area contributed by atoms with Crippen LogP contribution in [-0.4, -0.2) is 45.8 Å². The van der Waals surface area contributed by atoms with Gasteiger partial charge in [-0.15, -0.1) is 11.3 Å². The number of aromatic nitrogens is 4. The summed E-state index contributed by atoms with van der Waals surface area (Å²) in [5.41, 5.74) is 4.39. The van der Waals surface area contributed by atoms with Crippen LogP contribution in [0.5, 0.6) is 0 Å². The van der Waals surface area contributed by atoms with Crippen molar-refractivity contribution < 1.29 is 4.84 Å². The molecule has 0 amide bonds. The molecule has 4 rings (SSSR count). The van der Waals surface area contributed by atoms with Gasteiger partial charge in [0.1, 0.15) is 28.7 Å². The number of aryl methyl sites for hydroxylation is 1. The second-order valence-electron chi connectivity index (χ2n) is 6.65. The average Bonchev–Trinajstić information content (AvgIpc) is 3.12. The van der Waals surface area contributed by atoms with Gasteiger partial charge in [0, 0.05) is 38.0 Å². The van der Waals surface area contributed by atoms with E-state index >= 15 is 0 Å². The molecule has 0 spiro atoms. The van der Waals surface area contributed by atoms with Gasteiger partial charge in [-0.3, -0.25) is 4.98 Å². The summed E-state index contributed by atoms with van der Waals surface area (Å²) in [5.74, 6) is 0.837. The highest BCUT2D eigenvalue weighted by molar-refractivity contribution is 7.18. The molecule has 0 radical (unpaired) electrons. The van der Waals surface area contributed by atoms with Crippen molar-refractivity contribution in [2.75, 3.05) is 25.1 Å². The van der Waals surface area contributed by atoms with Crippen molar-refractivity contribution in [2.24, 2.45) is 5.16 Å². The van der Waals surface area contributed by atoms with Crippen LogP contribution in [0, 0.1) is 6.92 Å². The number of thiazole rings is 1. The number of oxime groups is 1. The van der Waals surface area contributed by atoms with E-state index in [4.69, 9.17) is 14.8 Å². The Bertz CT molecular complexity index is 1000. The largest absolute Gasteiger partial charge is 0.396 e. The molecule has 0 saturated carbocycles. The maximum atomic E-state index is 5.43. The number of fused-ring (bicyclic) bond motifs is 1. The lowest BCUT2D eigenvalue weighted by Gasteiger charge is -2.26. The lowest BCUT2D eigenvalue weighted by Crippen LogP contribution is -2.31. The molecular weight excluding hydrogens is 372 g/mol. The summed E-state index contributed by atoms with van der Waals surface area (Å²) in [7, 11) is 2.02. The second kappa shape index (κ2) is 8.02.